The van der Waals surface area contributed by atoms with E-state index in [4.69, 9.17) is 23.2 Å². The first-order chi connectivity index (χ1) is 12.8. The molecule has 7 heteroatoms. The van der Waals surface area contributed by atoms with Gasteiger partial charge in [0.05, 0.1) is 13.5 Å². The predicted octanol–water partition coefficient (Wildman–Crippen LogP) is 3.72. The smallest absolute Gasteiger partial charge is 0.374 e. The monoisotopic (exact) mass is 407 g/mol. The second-order valence-electron chi connectivity index (χ2n) is 6.02. The maximum absolute atomic E-state index is 12.3. The van der Waals surface area contributed by atoms with Crippen LogP contribution in [0.5, 0.6) is 0 Å². The number of Topliss-reactive ketones (excluding diaryl/α,β-unsaturated/α-hetero) is 1. The van der Waals surface area contributed by atoms with Crippen LogP contribution in [0.1, 0.15) is 23.5 Å². The van der Waals surface area contributed by atoms with Gasteiger partial charge in [0.2, 0.25) is 11.7 Å². The predicted molar refractivity (Wildman–Crippen MR) is 104 cm³/mol. The van der Waals surface area contributed by atoms with Crippen LogP contribution in [0.25, 0.3) is 0 Å². The third-order valence-electron chi connectivity index (χ3n) is 4.15. The van der Waals surface area contributed by atoms with Crippen LogP contribution in [-0.4, -0.2) is 43.3 Å². The Hall–Kier alpha value is -2.37. The quantitative estimate of drug-likeness (QED) is 0.398. The van der Waals surface area contributed by atoms with Crippen LogP contribution in [-0.2, 0) is 19.1 Å². The van der Waals surface area contributed by atoms with Gasteiger partial charge in [-0.2, -0.15) is 0 Å². The van der Waals surface area contributed by atoms with Crippen molar-refractivity contribution in [1.29, 1.82) is 0 Å². The van der Waals surface area contributed by atoms with E-state index in [2.05, 4.69) is 4.74 Å². The van der Waals surface area contributed by atoms with Crippen LogP contribution in [0.4, 0.5) is 0 Å². The third kappa shape index (κ3) is 5.81. The van der Waals surface area contributed by atoms with Crippen LogP contribution in [0.3, 0.4) is 0 Å². The van der Waals surface area contributed by atoms with Crippen molar-refractivity contribution >= 4 is 40.9 Å². The maximum atomic E-state index is 12.3. The lowest BCUT2D eigenvalue weighted by Crippen LogP contribution is -2.34. The average Bonchev–Trinajstić information content (AvgIpc) is 2.66. The van der Waals surface area contributed by atoms with Gasteiger partial charge in [0.1, 0.15) is 0 Å². The Bertz CT molecular complexity index is 773. The summed E-state index contributed by atoms with van der Waals surface area (Å²) in [7, 11) is 2.69. The lowest BCUT2D eigenvalue weighted by atomic mass is 9.91. The lowest BCUT2D eigenvalue weighted by molar-refractivity contribution is -0.153. The first kappa shape index (κ1) is 20.9. The van der Waals surface area contributed by atoms with E-state index in [0.29, 0.717) is 16.6 Å². The molecular weight excluding hydrogens is 389 g/mol. The van der Waals surface area contributed by atoms with Crippen LogP contribution in [0.2, 0.25) is 10.0 Å². The van der Waals surface area contributed by atoms with Crippen molar-refractivity contribution < 1.29 is 19.1 Å². The fourth-order valence-corrected chi connectivity index (χ4v) is 2.88. The number of ketones is 1. The molecule has 1 amide bonds. The van der Waals surface area contributed by atoms with Crippen LogP contribution < -0.4 is 0 Å². The molecule has 0 bridgehead atoms. The number of ether oxygens (including phenoxy) is 1. The zero-order valence-electron chi connectivity index (χ0n) is 14.9. The number of benzene rings is 2. The summed E-state index contributed by atoms with van der Waals surface area (Å²) >= 11 is 12.0. The summed E-state index contributed by atoms with van der Waals surface area (Å²) < 4.78 is 4.35. The summed E-state index contributed by atoms with van der Waals surface area (Å²) in [6, 6.07) is 14.7. The minimum Gasteiger partial charge on any atom is -0.463 e. The van der Waals surface area contributed by atoms with Crippen LogP contribution >= 0.6 is 23.2 Å². The minimum atomic E-state index is -1.02. The summed E-state index contributed by atoms with van der Waals surface area (Å²) in [4.78, 5) is 36.6. The van der Waals surface area contributed by atoms with Gasteiger partial charge in [-0.1, -0.05) is 47.5 Å². The second kappa shape index (κ2) is 9.53. The summed E-state index contributed by atoms with van der Waals surface area (Å²) in [6.07, 6.45) is -0.531. The number of hydrogen-bond acceptors (Lipinski definition) is 4. The van der Waals surface area contributed by atoms with Crippen molar-refractivity contribution in [3.8, 4) is 0 Å². The van der Waals surface area contributed by atoms with Gasteiger partial charge in [-0.3, -0.25) is 9.59 Å². The number of likely N-dealkylation sites (N-methyl/N-ethyl adjacent to an activating group) is 1. The van der Waals surface area contributed by atoms with Gasteiger partial charge in [-0.05, 0) is 35.4 Å². The Labute approximate surface area is 167 Å². The van der Waals surface area contributed by atoms with Gasteiger partial charge in [-0.15, -0.1) is 0 Å². The molecule has 0 unspecified atom stereocenters. The number of nitrogens with zero attached hydrogens (tertiary/aromatic N) is 1. The van der Waals surface area contributed by atoms with Gasteiger partial charge in [-0.25, -0.2) is 4.79 Å². The largest absolute Gasteiger partial charge is 0.463 e. The van der Waals surface area contributed by atoms with E-state index in [-0.39, 0.29) is 5.92 Å². The molecule has 0 saturated carbocycles. The van der Waals surface area contributed by atoms with Crippen molar-refractivity contribution in [3.63, 3.8) is 0 Å². The molecule has 2 aromatic carbocycles. The topological polar surface area (TPSA) is 63.7 Å². The Morgan fingerprint density at radius 2 is 1.37 bits per heavy atom. The number of esters is 1. The first-order valence-corrected chi connectivity index (χ1v) is 8.93. The molecule has 0 aliphatic heterocycles. The molecule has 0 fully saturated rings. The number of amides is 1. The Morgan fingerprint density at radius 3 is 1.78 bits per heavy atom. The molecule has 0 spiro atoms. The lowest BCUT2D eigenvalue weighted by Gasteiger charge is -2.25. The van der Waals surface area contributed by atoms with Gasteiger partial charge < -0.3 is 9.64 Å². The van der Waals surface area contributed by atoms with Crippen molar-refractivity contribution in [2.45, 2.75) is 12.3 Å². The standard InChI is InChI=1S/C20H19Cl2NO4/c1-23(19(25)11-18(24)20(26)27-2)12-17(13-3-7-15(21)8-4-13)14-5-9-16(22)10-6-14/h3-10,17H,11-12H2,1-2H3. The molecule has 0 radical (unpaired) electrons. The summed E-state index contributed by atoms with van der Waals surface area (Å²) in [5, 5.41) is 1.23. The molecule has 0 saturated heterocycles. The number of carbonyl (C=O) groups is 3. The highest BCUT2D eigenvalue weighted by atomic mass is 35.5. The molecule has 27 heavy (non-hydrogen) atoms. The van der Waals surface area contributed by atoms with E-state index >= 15 is 0 Å². The maximum Gasteiger partial charge on any atom is 0.374 e. The van der Waals surface area contributed by atoms with Gasteiger partial charge >= 0.3 is 5.97 Å². The third-order valence-corrected chi connectivity index (χ3v) is 4.66. The van der Waals surface area contributed by atoms with Crippen molar-refractivity contribution in [2.75, 3.05) is 20.7 Å². The highest BCUT2D eigenvalue weighted by molar-refractivity contribution is 6.36. The number of rotatable bonds is 7. The zero-order chi connectivity index (χ0) is 20.0. The van der Waals surface area contributed by atoms with Crippen LogP contribution in [0.15, 0.2) is 48.5 Å². The van der Waals surface area contributed by atoms with E-state index in [1.54, 1.807) is 31.3 Å². The van der Waals surface area contributed by atoms with Gasteiger partial charge in [0, 0.05) is 29.6 Å². The highest BCUT2D eigenvalue weighted by Gasteiger charge is 2.24. The minimum absolute atomic E-state index is 0.151. The fourth-order valence-electron chi connectivity index (χ4n) is 2.63. The molecule has 0 N–H and O–H groups in total. The average molecular weight is 408 g/mol. The first-order valence-electron chi connectivity index (χ1n) is 8.18. The SMILES string of the molecule is COC(=O)C(=O)CC(=O)N(C)CC(c1ccc(Cl)cc1)c1ccc(Cl)cc1. The summed E-state index contributed by atoms with van der Waals surface area (Å²) in [6.45, 7) is 0.316. The van der Waals surface area contributed by atoms with Crippen molar-refractivity contribution in [2.24, 2.45) is 0 Å². The summed E-state index contributed by atoms with van der Waals surface area (Å²) in [5.74, 6) is -2.51. The molecule has 0 atom stereocenters. The van der Waals surface area contributed by atoms with E-state index < -0.39 is 24.1 Å². The van der Waals surface area contributed by atoms with E-state index in [0.717, 1.165) is 18.2 Å². The van der Waals surface area contributed by atoms with Gasteiger partial charge in [0.25, 0.3) is 0 Å². The normalized spacial score (nSPS) is 10.6. The van der Waals surface area contributed by atoms with Crippen molar-refractivity contribution in [1.82, 2.24) is 4.90 Å². The Balaban J connectivity index is 2.22. The number of carbonyl (C=O) groups excluding carboxylic acids is 3. The number of halogens is 2. The molecular formula is C20H19Cl2NO4. The number of methoxy groups -OCH3 is 1. The van der Waals surface area contributed by atoms with E-state index in [1.807, 2.05) is 24.3 Å². The molecule has 5 nitrogen and oxygen atoms in total. The number of hydrogen-bond donors (Lipinski definition) is 0. The second-order valence-corrected chi connectivity index (χ2v) is 6.89. The van der Waals surface area contributed by atoms with E-state index in [9.17, 15) is 14.4 Å². The van der Waals surface area contributed by atoms with Gasteiger partial charge in [0.15, 0.2) is 0 Å². The molecule has 0 heterocycles. The summed E-state index contributed by atoms with van der Waals surface area (Å²) in [5.41, 5.74) is 1.92. The van der Waals surface area contributed by atoms with Crippen LogP contribution in [0, 0.1) is 0 Å². The Morgan fingerprint density at radius 1 is 0.926 bits per heavy atom. The molecule has 142 valence electrons. The fraction of sp³-hybridized carbons (Fsp3) is 0.250. The van der Waals surface area contributed by atoms with Crippen molar-refractivity contribution in [3.05, 3.63) is 69.7 Å². The molecule has 2 rings (SSSR count). The highest BCUT2D eigenvalue weighted by Crippen LogP contribution is 2.28. The molecule has 0 aromatic heterocycles. The molecule has 0 aliphatic carbocycles. The Kier molecular flexibility index (Phi) is 7.39. The zero-order valence-corrected chi connectivity index (χ0v) is 16.5. The molecule has 2 aromatic rings. The van der Waals surface area contributed by atoms with E-state index in [1.165, 1.54) is 4.90 Å². The molecule has 0 aliphatic rings.